The number of nitrogens with one attached hydrogen (secondary N) is 1. The van der Waals surface area contributed by atoms with E-state index in [1.54, 1.807) is 7.11 Å². The number of aromatic nitrogens is 3. The molecule has 0 aliphatic carbocycles. The molecule has 1 N–H and O–H groups in total. The van der Waals surface area contributed by atoms with Gasteiger partial charge in [-0.25, -0.2) is 0 Å². The van der Waals surface area contributed by atoms with Crippen molar-refractivity contribution < 1.29 is 4.74 Å². The summed E-state index contributed by atoms with van der Waals surface area (Å²) in [7, 11) is 1.56. The second-order valence-corrected chi connectivity index (χ2v) is 5.74. The molecule has 0 fully saturated rings. The van der Waals surface area contributed by atoms with Crippen LogP contribution in [0.4, 0.5) is 5.95 Å². The SMILES string of the molecule is CCCNc1nc(OC)nc(Sc2ccc(C)c(C)c2)n1. The van der Waals surface area contributed by atoms with E-state index in [1.165, 1.54) is 22.9 Å². The third-order valence-corrected chi connectivity index (χ3v) is 3.85. The van der Waals surface area contributed by atoms with Gasteiger partial charge >= 0.3 is 6.01 Å². The van der Waals surface area contributed by atoms with E-state index in [0.717, 1.165) is 17.9 Å². The Morgan fingerprint density at radius 2 is 1.95 bits per heavy atom. The second-order valence-electron chi connectivity index (χ2n) is 4.70. The highest BCUT2D eigenvalue weighted by Crippen LogP contribution is 2.27. The molecule has 0 bridgehead atoms. The highest BCUT2D eigenvalue weighted by molar-refractivity contribution is 7.99. The zero-order valence-corrected chi connectivity index (χ0v) is 13.6. The van der Waals surface area contributed by atoms with Crippen LogP contribution in [0.15, 0.2) is 28.3 Å². The maximum atomic E-state index is 5.14. The van der Waals surface area contributed by atoms with E-state index in [-0.39, 0.29) is 0 Å². The van der Waals surface area contributed by atoms with Crippen molar-refractivity contribution in [2.24, 2.45) is 0 Å². The largest absolute Gasteiger partial charge is 0.467 e. The Hall–Kier alpha value is -1.82. The lowest BCUT2D eigenvalue weighted by Crippen LogP contribution is -2.07. The Bertz CT molecular complexity index is 619. The van der Waals surface area contributed by atoms with Crippen molar-refractivity contribution >= 4 is 17.7 Å². The normalized spacial score (nSPS) is 10.5. The first-order chi connectivity index (χ1) is 10.1. The predicted octanol–water partition coefficient (Wildman–Crippen LogP) is 3.47. The standard InChI is InChI=1S/C15H20N4OS/c1-5-8-16-13-17-14(20-4)19-15(18-13)21-12-7-6-10(2)11(3)9-12/h6-7,9H,5,8H2,1-4H3,(H,16,17,18,19). The molecule has 0 unspecified atom stereocenters. The molecule has 0 radical (unpaired) electrons. The molecule has 0 saturated carbocycles. The number of rotatable bonds is 6. The number of hydrogen-bond acceptors (Lipinski definition) is 6. The van der Waals surface area contributed by atoms with Crippen LogP contribution in [0.2, 0.25) is 0 Å². The van der Waals surface area contributed by atoms with Crippen molar-refractivity contribution in [3.63, 3.8) is 0 Å². The van der Waals surface area contributed by atoms with Gasteiger partial charge in [0.15, 0.2) is 0 Å². The minimum atomic E-state index is 0.329. The van der Waals surface area contributed by atoms with Crippen LogP contribution < -0.4 is 10.1 Å². The molecule has 6 heteroatoms. The fraction of sp³-hybridized carbons (Fsp3) is 0.400. The Labute approximate surface area is 129 Å². The Morgan fingerprint density at radius 3 is 2.62 bits per heavy atom. The summed E-state index contributed by atoms with van der Waals surface area (Å²) >= 11 is 1.51. The minimum Gasteiger partial charge on any atom is -0.467 e. The highest BCUT2D eigenvalue weighted by atomic mass is 32.2. The van der Waals surface area contributed by atoms with E-state index in [9.17, 15) is 0 Å². The maximum absolute atomic E-state index is 5.14. The monoisotopic (exact) mass is 304 g/mol. The number of hydrogen-bond donors (Lipinski definition) is 1. The summed E-state index contributed by atoms with van der Waals surface area (Å²) in [5, 5.41) is 3.79. The summed E-state index contributed by atoms with van der Waals surface area (Å²) < 4.78 is 5.14. The van der Waals surface area contributed by atoms with E-state index in [2.05, 4.69) is 59.2 Å². The second kappa shape index (κ2) is 7.26. The smallest absolute Gasteiger partial charge is 0.321 e. The van der Waals surface area contributed by atoms with Crippen molar-refractivity contribution in [2.45, 2.75) is 37.2 Å². The van der Waals surface area contributed by atoms with Gasteiger partial charge in [-0.2, -0.15) is 15.0 Å². The number of nitrogens with zero attached hydrogens (tertiary/aromatic N) is 3. The summed E-state index contributed by atoms with van der Waals surface area (Å²) in [6.45, 7) is 7.11. The maximum Gasteiger partial charge on any atom is 0.321 e. The van der Waals surface area contributed by atoms with E-state index in [1.807, 2.05) is 0 Å². The highest BCUT2D eigenvalue weighted by Gasteiger charge is 2.08. The molecule has 0 aliphatic heterocycles. The first-order valence-electron chi connectivity index (χ1n) is 6.91. The van der Waals surface area contributed by atoms with Gasteiger partial charge in [-0.1, -0.05) is 13.0 Å². The summed E-state index contributed by atoms with van der Waals surface area (Å²) in [5.74, 6) is 0.551. The van der Waals surface area contributed by atoms with Gasteiger partial charge in [-0.3, -0.25) is 0 Å². The van der Waals surface area contributed by atoms with Gasteiger partial charge in [-0.05, 0) is 55.3 Å². The van der Waals surface area contributed by atoms with Crippen LogP contribution in [-0.4, -0.2) is 28.6 Å². The van der Waals surface area contributed by atoms with E-state index in [4.69, 9.17) is 4.74 Å². The van der Waals surface area contributed by atoms with Crippen LogP contribution in [-0.2, 0) is 0 Å². The molecule has 1 aromatic carbocycles. The molecule has 0 atom stereocenters. The third-order valence-electron chi connectivity index (χ3n) is 3.00. The molecule has 0 saturated heterocycles. The fourth-order valence-electron chi connectivity index (χ4n) is 1.67. The summed E-state index contributed by atoms with van der Waals surface area (Å²) in [6, 6.07) is 6.64. The summed E-state index contributed by atoms with van der Waals surface area (Å²) in [4.78, 5) is 14.0. The fourth-order valence-corrected chi connectivity index (χ4v) is 2.51. The van der Waals surface area contributed by atoms with Crippen LogP contribution >= 0.6 is 11.8 Å². The topological polar surface area (TPSA) is 59.9 Å². The van der Waals surface area contributed by atoms with Gasteiger partial charge in [0, 0.05) is 11.4 Å². The Kier molecular flexibility index (Phi) is 5.38. The molecule has 5 nitrogen and oxygen atoms in total. The van der Waals surface area contributed by atoms with Crippen molar-refractivity contribution in [3.05, 3.63) is 29.3 Å². The van der Waals surface area contributed by atoms with Crippen LogP contribution in [0.5, 0.6) is 6.01 Å². The summed E-state index contributed by atoms with van der Waals surface area (Å²) in [5.41, 5.74) is 2.53. The predicted molar refractivity (Wildman–Crippen MR) is 85.2 cm³/mol. The van der Waals surface area contributed by atoms with Gasteiger partial charge in [0.25, 0.3) is 0 Å². The first kappa shape index (κ1) is 15.6. The summed E-state index contributed by atoms with van der Waals surface area (Å²) in [6.07, 6.45) is 1.01. The van der Waals surface area contributed by atoms with E-state index >= 15 is 0 Å². The zero-order valence-electron chi connectivity index (χ0n) is 12.8. The Morgan fingerprint density at radius 1 is 1.14 bits per heavy atom. The molecule has 2 aromatic rings. The average Bonchev–Trinajstić information content (AvgIpc) is 2.48. The van der Waals surface area contributed by atoms with Gasteiger partial charge in [0.05, 0.1) is 7.11 Å². The number of aryl methyl sites for hydroxylation is 2. The molecule has 1 aromatic heterocycles. The van der Waals surface area contributed by atoms with E-state index in [0.29, 0.717) is 17.1 Å². The van der Waals surface area contributed by atoms with Crippen molar-refractivity contribution in [1.82, 2.24) is 15.0 Å². The molecule has 1 heterocycles. The first-order valence-corrected chi connectivity index (χ1v) is 7.73. The third kappa shape index (κ3) is 4.32. The average molecular weight is 304 g/mol. The van der Waals surface area contributed by atoms with E-state index < -0.39 is 0 Å². The zero-order chi connectivity index (χ0) is 15.2. The molecule has 0 amide bonds. The molecule has 2 rings (SSSR count). The quantitative estimate of drug-likeness (QED) is 0.882. The number of anilines is 1. The van der Waals surface area contributed by atoms with Crippen molar-refractivity contribution in [1.29, 1.82) is 0 Å². The lowest BCUT2D eigenvalue weighted by atomic mass is 10.1. The van der Waals surface area contributed by atoms with Gasteiger partial charge in [-0.15, -0.1) is 0 Å². The molecular weight excluding hydrogens is 284 g/mol. The van der Waals surface area contributed by atoms with Gasteiger partial charge < -0.3 is 10.1 Å². The van der Waals surface area contributed by atoms with Crippen LogP contribution in [0.1, 0.15) is 24.5 Å². The van der Waals surface area contributed by atoms with Crippen LogP contribution in [0, 0.1) is 13.8 Å². The van der Waals surface area contributed by atoms with Crippen molar-refractivity contribution in [3.8, 4) is 6.01 Å². The lowest BCUT2D eigenvalue weighted by molar-refractivity contribution is 0.373. The van der Waals surface area contributed by atoms with Crippen molar-refractivity contribution in [2.75, 3.05) is 19.0 Å². The number of benzene rings is 1. The molecule has 21 heavy (non-hydrogen) atoms. The molecule has 112 valence electrons. The lowest BCUT2D eigenvalue weighted by Gasteiger charge is -2.08. The number of methoxy groups -OCH3 is 1. The molecule has 0 aliphatic rings. The molecule has 0 spiro atoms. The van der Waals surface area contributed by atoms with Crippen LogP contribution in [0.25, 0.3) is 0 Å². The van der Waals surface area contributed by atoms with Gasteiger partial charge in [0.1, 0.15) is 0 Å². The molecular formula is C15H20N4OS. The minimum absolute atomic E-state index is 0.329. The Balaban J connectivity index is 2.23. The van der Waals surface area contributed by atoms with Crippen LogP contribution in [0.3, 0.4) is 0 Å². The number of ether oxygens (including phenoxy) is 1. The van der Waals surface area contributed by atoms with Gasteiger partial charge in [0.2, 0.25) is 11.1 Å².